The van der Waals surface area contributed by atoms with Gasteiger partial charge in [0.2, 0.25) is 0 Å². The largest absolute Gasteiger partial charge is 0.393 e. The maximum atomic E-state index is 9.37. The Hall–Kier alpha value is -0.120. The molecule has 0 amide bonds. The standard InChI is InChI=1S/C7H15NO2/c1-5(3-8)7(9)2-6-4-10-6/h5-7,9H,2-4,8H2,1H3. The second-order valence-corrected chi connectivity index (χ2v) is 2.97. The van der Waals surface area contributed by atoms with Gasteiger partial charge in [-0.25, -0.2) is 0 Å². The fraction of sp³-hybridized carbons (Fsp3) is 1.00. The summed E-state index contributed by atoms with van der Waals surface area (Å²) in [6.07, 6.45) is 0.778. The molecule has 3 heteroatoms. The minimum atomic E-state index is -0.280. The van der Waals surface area contributed by atoms with Gasteiger partial charge in [0.15, 0.2) is 0 Å². The maximum Gasteiger partial charge on any atom is 0.0834 e. The summed E-state index contributed by atoms with van der Waals surface area (Å²) in [7, 11) is 0. The Morgan fingerprint density at radius 1 is 1.80 bits per heavy atom. The van der Waals surface area contributed by atoms with Crippen molar-refractivity contribution in [1.82, 2.24) is 0 Å². The van der Waals surface area contributed by atoms with Crippen LogP contribution in [-0.2, 0) is 4.74 Å². The molecule has 0 radical (unpaired) electrons. The molecule has 0 aliphatic carbocycles. The van der Waals surface area contributed by atoms with E-state index in [0.29, 0.717) is 12.6 Å². The highest BCUT2D eigenvalue weighted by molar-refractivity contribution is 4.76. The van der Waals surface area contributed by atoms with Gasteiger partial charge in [-0.05, 0) is 12.5 Å². The first-order valence-electron chi connectivity index (χ1n) is 3.73. The zero-order valence-corrected chi connectivity index (χ0v) is 6.29. The third-order valence-electron chi connectivity index (χ3n) is 1.94. The van der Waals surface area contributed by atoms with Gasteiger partial charge in [0.1, 0.15) is 0 Å². The molecule has 3 atom stereocenters. The fourth-order valence-electron chi connectivity index (χ4n) is 0.863. The van der Waals surface area contributed by atoms with Crippen LogP contribution in [0.15, 0.2) is 0 Å². The van der Waals surface area contributed by atoms with E-state index in [1.807, 2.05) is 6.92 Å². The summed E-state index contributed by atoms with van der Waals surface area (Å²) in [5.74, 6) is 0.198. The van der Waals surface area contributed by atoms with E-state index in [2.05, 4.69) is 0 Å². The van der Waals surface area contributed by atoms with E-state index in [1.54, 1.807) is 0 Å². The van der Waals surface area contributed by atoms with Crippen LogP contribution in [0.3, 0.4) is 0 Å². The molecule has 1 saturated heterocycles. The molecular formula is C7H15NO2. The molecule has 1 aliphatic heterocycles. The van der Waals surface area contributed by atoms with Gasteiger partial charge in [-0.15, -0.1) is 0 Å². The van der Waals surface area contributed by atoms with Crippen LogP contribution in [0.4, 0.5) is 0 Å². The third kappa shape index (κ3) is 2.25. The molecule has 0 aromatic heterocycles. The number of ether oxygens (including phenoxy) is 1. The molecule has 0 bridgehead atoms. The zero-order valence-electron chi connectivity index (χ0n) is 6.29. The average Bonchev–Trinajstić information content (AvgIpc) is 2.70. The minimum Gasteiger partial charge on any atom is -0.393 e. The zero-order chi connectivity index (χ0) is 7.56. The van der Waals surface area contributed by atoms with Crippen LogP contribution in [0.5, 0.6) is 0 Å². The highest BCUT2D eigenvalue weighted by Gasteiger charge is 2.27. The lowest BCUT2D eigenvalue weighted by Crippen LogP contribution is -2.26. The van der Waals surface area contributed by atoms with E-state index in [0.717, 1.165) is 13.0 Å². The Balaban J connectivity index is 2.11. The number of rotatable bonds is 4. The molecule has 1 fully saturated rings. The van der Waals surface area contributed by atoms with Crippen molar-refractivity contribution in [3.63, 3.8) is 0 Å². The number of epoxide rings is 1. The Bertz CT molecular complexity index is 104. The summed E-state index contributed by atoms with van der Waals surface area (Å²) in [6, 6.07) is 0. The van der Waals surface area contributed by atoms with E-state index in [1.165, 1.54) is 0 Å². The number of aliphatic hydroxyl groups is 1. The summed E-state index contributed by atoms with van der Waals surface area (Å²) >= 11 is 0. The number of hydrogen-bond donors (Lipinski definition) is 2. The first-order valence-corrected chi connectivity index (χ1v) is 3.73. The molecule has 0 spiro atoms. The van der Waals surface area contributed by atoms with E-state index < -0.39 is 0 Å². The third-order valence-corrected chi connectivity index (χ3v) is 1.94. The topological polar surface area (TPSA) is 58.8 Å². The minimum absolute atomic E-state index is 0.198. The molecule has 10 heavy (non-hydrogen) atoms. The molecule has 0 saturated carbocycles. The van der Waals surface area contributed by atoms with Crippen LogP contribution in [-0.4, -0.2) is 30.5 Å². The fourth-order valence-corrected chi connectivity index (χ4v) is 0.863. The molecule has 60 valence electrons. The highest BCUT2D eigenvalue weighted by atomic mass is 16.6. The second-order valence-electron chi connectivity index (χ2n) is 2.97. The SMILES string of the molecule is CC(CN)C(O)CC1CO1. The van der Waals surface area contributed by atoms with Crippen LogP contribution >= 0.6 is 0 Å². The Labute approximate surface area is 61.2 Å². The summed E-state index contributed by atoms with van der Waals surface area (Å²) in [6.45, 7) is 3.31. The quantitative estimate of drug-likeness (QED) is 0.535. The molecule has 3 nitrogen and oxygen atoms in total. The summed E-state index contributed by atoms with van der Waals surface area (Å²) in [5, 5.41) is 9.37. The molecule has 1 aliphatic rings. The highest BCUT2D eigenvalue weighted by Crippen LogP contribution is 2.18. The molecule has 3 N–H and O–H groups in total. The van der Waals surface area contributed by atoms with Gasteiger partial charge in [0.05, 0.1) is 18.8 Å². The van der Waals surface area contributed by atoms with Crippen LogP contribution in [0, 0.1) is 5.92 Å². The van der Waals surface area contributed by atoms with Crippen molar-refractivity contribution in [2.24, 2.45) is 11.7 Å². The van der Waals surface area contributed by atoms with Crippen molar-refractivity contribution in [2.75, 3.05) is 13.2 Å². The van der Waals surface area contributed by atoms with Crippen molar-refractivity contribution in [2.45, 2.75) is 25.6 Å². The van der Waals surface area contributed by atoms with Gasteiger partial charge in [0.25, 0.3) is 0 Å². The Kier molecular flexibility index (Phi) is 2.65. The van der Waals surface area contributed by atoms with Crippen LogP contribution in [0.25, 0.3) is 0 Å². The lowest BCUT2D eigenvalue weighted by molar-refractivity contribution is 0.102. The summed E-state index contributed by atoms with van der Waals surface area (Å²) in [4.78, 5) is 0. The van der Waals surface area contributed by atoms with Crippen LogP contribution < -0.4 is 5.73 Å². The number of nitrogens with two attached hydrogens (primary N) is 1. The summed E-state index contributed by atoms with van der Waals surface area (Å²) < 4.78 is 4.97. The van der Waals surface area contributed by atoms with Crippen molar-refractivity contribution < 1.29 is 9.84 Å². The van der Waals surface area contributed by atoms with Gasteiger partial charge in [-0.1, -0.05) is 6.92 Å². The monoisotopic (exact) mass is 145 g/mol. The van der Waals surface area contributed by atoms with Gasteiger partial charge >= 0.3 is 0 Å². The van der Waals surface area contributed by atoms with Gasteiger partial charge < -0.3 is 15.6 Å². The lowest BCUT2D eigenvalue weighted by atomic mass is 10.0. The first-order chi connectivity index (χ1) is 4.74. The van der Waals surface area contributed by atoms with E-state index in [-0.39, 0.29) is 12.0 Å². The van der Waals surface area contributed by atoms with Crippen molar-refractivity contribution in [3.05, 3.63) is 0 Å². The van der Waals surface area contributed by atoms with Crippen molar-refractivity contribution in [3.8, 4) is 0 Å². The Morgan fingerprint density at radius 3 is 2.80 bits per heavy atom. The number of aliphatic hydroxyl groups excluding tert-OH is 1. The normalized spacial score (nSPS) is 29.7. The van der Waals surface area contributed by atoms with Crippen molar-refractivity contribution >= 4 is 0 Å². The van der Waals surface area contributed by atoms with Crippen LogP contribution in [0.2, 0.25) is 0 Å². The average molecular weight is 145 g/mol. The van der Waals surface area contributed by atoms with E-state index >= 15 is 0 Å². The van der Waals surface area contributed by atoms with Crippen LogP contribution in [0.1, 0.15) is 13.3 Å². The molecule has 3 unspecified atom stereocenters. The van der Waals surface area contributed by atoms with Gasteiger partial charge in [0, 0.05) is 6.42 Å². The van der Waals surface area contributed by atoms with Gasteiger partial charge in [-0.2, -0.15) is 0 Å². The van der Waals surface area contributed by atoms with Gasteiger partial charge in [-0.3, -0.25) is 0 Å². The predicted molar refractivity (Wildman–Crippen MR) is 38.6 cm³/mol. The molecule has 0 aromatic carbocycles. The predicted octanol–water partition coefficient (Wildman–Crippen LogP) is -0.269. The lowest BCUT2D eigenvalue weighted by Gasteiger charge is -2.14. The smallest absolute Gasteiger partial charge is 0.0834 e. The summed E-state index contributed by atoms with van der Waals surface area (Å²) in [5.41, 5.74) is 5.37. The Morgan fingerprint density at radius 2 is 2.40 bits per heavy atom. The molecule has 1 heterocycles. The molecular weight excluding hydrogens is 130 g/mol. The molecule has 0 aromatic rings. The second kappa shape index (κ2) is 3.32. The maximum absolute atomic E-state index is 9.37. The van der Waals surface area contributed by atoms with E-state index in [4.69, 9.17) is 10.5 Å². The number of hydrogen-bond acceptors (Lipinski definition) is 3. The van der Waals surface area contributed by atoms with E-state index in [9.17, 15) is 5.11 Å². The molecule has 1 rings (SSSR count). The first kappa shape index (κ1) is 7.98. The van der Waals surface area contributed by atoms with Crippen molar-refractivity contribution in [1.29, 1.82) is 0 Å².